The van der Waals surface area contributed by atoms with Crippen molar-refractivity contribution in [2.24, 2.45) is 14.1 Å². The van der Waals surface area contributed by atoms with Crippen LogP contribution in [-0.4, -0.2) is 20.2 Å². The number of aryl methyl sites for hydroxylation is 1. The fourth-order valence-electron chi connectivity index (χ4n) is 1.72. The largest absolute Gasteiger partial charge is 0.478 e. The highest BCUT2D eigenvalue weighted by molar-refractivity contribution is 5.92. The van der Waals surface area contributed by atoms with Crippen molar-refractivity contribution in [3.63, 3.8) is 0 Å². The summed E-state index contributed by atoms with van der Waals surface area (Å²) < 4.78 is 2.24. The molecule has 0 bridgehead atoms. The van der Waals surface area contributed by atoms with Crippen LogP contribution < -0.4 is 11.2 Å². The Balaban J connectivity index is 3.02. The van der Waals surface area contributed by atoms with Crippen LogP contribution in [0, 0.1) is 0 Å². The summed E-state index contributed by atoms with van der Waals surface area (Å²) >= 11 is 0. The Morgan fingerprint density at radius 1 is 1.18 bits per heavy atom. The lowest BCUT2D eigenvalue weighted by atomic mass is 10.1. The molecule has 0 saturated carbocycles. The summed E-state index contributed by atoms with van der Waals surface area (Å²) in [6.07, 6.45) is 0. The second-order valence-corrected chi connectivity index (χ2v) is 3.74. The van der Waals surface area contributed by atoms with Gasteiger partial charge in [-0.05, 0) is 18.2 Å². The van der Waals surface area contributed by atoms with Gasteiger partial charge in [0.1, 0.15) is 0 Å². The van der Waals surface area contributed by atoms with Gasteiger partial charge in [0.2, 0.25) is 0 Å². The van der Waals surface area contributed by atoms with E-state index in [0.717, 1.165) is 4.57 Å². The van der Waals surface area contributed by atoms with Crippen LogP contribution in [0.4, 0.5) is 0 Å². The van der Waals surface area contributed by atoms with Gasteiger partial charge in [-0.1, -0.05) is 0 Å². The molecular weight excluding hydrogens is 224 g/mol. The number of nitrogens with zero attached hydrogens (tertiary/aromatic N) is 2. The summed E-state index contributed by atoms with van der Waals surface area (Å²) in [5.41, 5.74) is -0.552. The van der Waals surface area contributed by atoms with Crippen LogP contribution >= 0.6 is 0 Å². The molecule has 0 spiro atoms. The van der Waals surface area contributed by atoms with Crippen LogP contribution in [0.1, 0.15) is 10.4 Å². The van der Waals surface area contributed by atoms with E-state index in [1.54, 1.807) is 0 Å². The molecule has 0 aliphatic carbocycles. The standard InChI is InChI=1S/C11H10N2O4/c1-12-8-5-6(10(15)16)3-4-7(8)9(14)13(2)11(12)17/h3-5H,1-2H3,(H,15,16). The molecule has 1 heterocycles. The molecule has 88 valence electrons. The summed E-state index contributed by atoms with van der Waals surface area (Å²) in [4.78, 5) is 34.3. The molecule has 0 unspecified atom stereocenters. The number of aromatic carboxylic acids is 1. The Morgan fingerprint density at radius 2 is 1.82 bits per heavy atom. The summed E-state index contributed by atoms with van der Waals surface area (Å²) in [6, 6.07) is 4.08. The first-order chi connectivity index (χ1) is 7.93. The average molecular weight is 234 g/mol. The van der Waals surface area contributed by atoms with Gasteiger partial charge in [0.15, 0.2) is 0 Å². The van der Waals surface area contributed by atoms with E-state index in [0.29, 0.717) is 10.9 Å². The lowest BCUT2D eigenvalue weighted by molar-refractivity contribution is 0.0697. The summed E-state index contributed by atoms with van der Waals surface area (Å²) in [7, 11) is 2.88. The highest BCUT2D eigenvalue weighted by Gasteiger charge is 2.10. The van der Waals surface area contributed by atoms with Crippen LogP contribution in [0.25, 0.3) is 10.9 Å². The number of benzene rings is 1. The topological polar surface area (TPSA) is 81.3 Å². The Kier molecular flexibility index (Phi) is 2.35. The number of rotatable bonds is 1. The zero-order valence-corrected chi connectivity index (χ0v) is 9.30. The first-order valence-electron chi connectivity index (χ1n) is 4.86. The number of aromatic nitrogens is 2. The summed E-state index contributed by atoms with van der Waals surface area (Å²) in [6.45, 7) is 0. The number of hydrogen-bond donors (Lipinski definition) is 1. The number of hydrogen-bond acceptors (Lipinski definition) is 3. The number of carboxylic acids is 1. The Bertz CT molecular complexity index is 739. The molecule has 6 heteroatoms. The average Bonchev–Trinajstić information content (AvgIpc) is 2.32. The molecule has 0 amide bonds. The van der Waals surface area contributed by atoms with Gasteiger partial charge in [-0.15, -0.1) is 0 Å². The first-order valence-corrected chi connectivity index (χ1v) is 4.86. The number of fused-ring (bicyclic) bond motifs is 1. The van der Waals surface area contributed by atoms with Gasteiger partial charge < -0.3 is 5.11 Å². The smallest absolute Gasteiger partial charge is 0.335 e. The van der Waals surface area contributed by atoms with Gasteiger partial charge in [0.05, 0.1) is 16.5 Å². The predicted octanol–water partition coefficient (Wildman–Crippen LogP) is -0.0646. The zero-order chi connectivity index (χ0) is 12.7. The molecule has 6 nitrogen and oxygen atoms in total. The van der Waals surface area contributed by atoms with Gasteiger partial charge in [-0.3, -0.25) is 13.9 Å². The van der Waals surface area contributed by atoms with Crippen molar-refractivity contribution in [2.45, 2.75) is 0 Å². The molecule has 0 aliphatic rings. The van der Waals surface area contributed by atoms with E-state index in [1.165, 1.54) is 36.9 Å². The minimum absolute atomic E-state index is 0.0424. The van der Waals surface area contributed by atoms with Crippen molar-refractivity contribution in [1.82, 2.24) is 9.13 Å². The fourth-order valence-corrected chi connectivity index (χ4v) is 1.72. The second kappa shape index (κ2) is 3.58. The summed E-state index contributed by atoms with van der Waals surface area (Å²) in [5, 5.41) is 9.18. The zero-order valence-electron chi connectivity index (χ0n) is 9.30. The van der Waals surface area contributed by atoms with Gasteiger partial charge >= 0.3 is 11.7 Å². The van der Waals surface area contributed by atoms with E-state index >= 15 is 0 Å². The van der Waals surface area contributed by atoms with Crippen molar-refractivity contribution in [2.75, 3.05) is 0 Å². The third-order valence-electron chi connectivity index (χ3n) is 2.71. The highest BCUT2D eigenvalue weighted by atomic mass is 16.4. The lowest BCUT2D eigenvalue weighted by Crippen LogP contribution is -2.37. The van der Waals surface area contributed by atoms with Crippen LogP contribution in [0.15, 0.2) is 27.8 Å². The molecule has 0 aliphatic heterocycles. The van der Waals surface area contributed by atoms with Gasteiger partial charge in [0.25, 0.3) is 5.56 Å². The van der Waals surface area contributed by atoms with E-state index in [9.17, 15) is 14.4 Å². The van der Waals surface area contributed by atoms with Crippen molar-refractivity contribution in [3.8, 4) is 0 Å². The maximum absolute atomic E-state index is 11.8. The van der Waals surface area contributed by atoms with E-state index < -0.39 is 17.2 Å². The molecule has 17 heavy (non-hydrogen) atoms. The quantitative estimate of drug-likeness (QED) is 0.749. The van der Waals surface area contributed by atoms with Gasteiger partial charge in [-0.2, -0.15) is 0 Å². The molecule has 0 saturated heterocycles. The molecule has 0 radical (unpaired) electrons. The molecule has 2 aromatic rings. The highest BCUT2D eigenvalue weighted by Crippen LogP contribution is 2.10. The minimum atomic E-state index is -1.10. The third kappa shape index (κ3) is 1.54. The van der Waals surface area contributed by atoms with Crippen molar-refractivity contribution >= 4 is 16.9 Å². The predicted molar refractivity (Wildman–Crippen MR) is 61.4 cm³/mol. The summed E-state index contributed by atoms with van der Waals surface area (Å²) in [5.74, 6) is -1.10. The van der Waals surface area contributed by atoms with Crippen molar-refractivity contribution in [1.29, 1.82) is 0 Å². The minimum Gasteiger partial charge on any atom is -0.478 e. The maximum atomic E-state index is 11.8. The molecule has 2 rings (SSSR count). The fraction of sp³-hybridized carbons (Fsp3) is 0.182. The van der Waals surface area contributed by atoms with Gasteiger partial charge in [0, 0.05) is 14.1 Å². The normalized spacial score (nSPS) is 10.7. The Morgan fingerprint density at radius 3 is 2.41 bits per heavy atom. The lowest BCUT2D eigenvalue weighted by Gasteiger charge is -2.07. The van der Waals surface area contributed by atoms with Crippen LogP contribution in [-0.2, 0) is 14.1 Å². The third-order valence-corrected chi connectivity index (χ3v) is 2.71. The molecule has 1 N–H and O–H groups in total. The number of carbonyl (C=O) groups is 1. The van der Waals surface area contributed by atoms with Crippen molar-refractivity contribution < 1.29 is 9.90 Å². The molecule has 0 fully saturated rings. The van der Waals surface area contributed by atoms with Crippen molar-refractivity contribution in [3.05, 3.63) is 44.6 Å². The van der Waals surface area contributed by atoms with Crippen LogP contribution in [0.3, 0.4) is 0 Å². The second-order valence-electron chi connectivity index (χ2n) is 3.74. The van der Waals surface area contributed by atoms with Crippen LogP contribution in [0.2, 0.25) is 0 Å². The van der Waals surface area contributed by atoms with E-state index in [1.807, 2.05) is 0 Å². The van der Waals surface area contributed by atoms with Crippen LogP contribution in [0.5, 0.6) is 0 Å². The number of carboxylic acid groups (broad SMARTS) is 1. The Labute approximate surface area is 95.3 Å². The van der Waals surface area contributed by atoms with Gasteiger partial charge in [-0.25, -0.2) is 9.59 Å². The maximum Gasteiger partial charge on any atom is 0.335 e. The van der Waals surface area contributed by atoms with E-state index in [2.05, 4.69) is 0 Å². The van der Waals surface area contributed by atoms with E-state index in [-0.39, 0.29) is 5.56 Å². The Hall–Kier alpha value is -2.37. The molecule has 0 atom stereocenters. The SMILES string of the molecule is Cn1c(=O)c2ccc(C(=O)O)cc2n(C)c1=O. The first kappa shape index (κ1) is 11.1. The molecular formula is C11H10N2O4. The monoisotopic (exact) mass is 234 g/mol. The van der Waals surface area contributed by atoms with E-state index in [4.69, 9.17) is 5.11 Å². The molecule has 1 aromatic carbocycles. The molecule has 1 aromatic heterocycles.